The number of benzene rings is 1. The molecule has 2 aromatic heterocycles. The molecule has 0 unspecified atom stereocenters. The van der Waals surface area contributed by atoms with E-state index in [0.29, 0.717) is 5.13 Å². The van der Waals surface area contributed by atoms with Gasteiger partial charge in [0.1, 0.15) is 22.1 Å². The highest BCUT2D eigenvalue weighted by Crippen LogP contribution is 2.31. The lowest BCUT2D eigenvalue weighted by molar-refractivity contribution is 0.415. The molecule has 136 valence electrons. The summed E-state index contributed by atoms with van der Waals surface area (Å²) in [6, 6.07) is 7.86. The Morgan fingerprint density at radius 1 is 1.04 bits per heavy atom. The molecule has 0 aliphatic carbocycles. The maximum Gasteiger partial charge on any atom is 0.209 e. The lowest BCUT2D eigenvalue weighted by Crippen LogP contribution is -2.37. The van der Waals surface area contributed by atoms with E-state index in [2.05, 4.69) is 32.3 Å². The van der Waals surface area contributed by atoms with Gasteiger partial charge in [-0.25, -0.2) is 15.0 Å². The van der Waals surface area contributed by atoms with E-state index in [1.807, 2.05) is 35.0 Å². The molecule has 0 radical (unpaired) electrons. The van der Waals surface area contributed by atoms with Crippen molar-refractivity contribution in [2.24, 2.45) is 4.99 Å². The van der Waals surface area contributed by atoms with Gasteiger partial charge in [-0.15, -0.1) is 22.7 Å². The van der Waals surface area contributed by atoms with Crippen LogP contribution in [-0.2, 0) is 0 Å². The van der Waals surface area contributed by atoms with Crippen LogP contribution in [0.15, 0.2) is 40.0 Å². The van der Waals surface area contributed by atoms with E-state index < -0.39 is 0 Å². The highest BCUT2D eigenvalue weighted by Gasteiger charge is 2.09. The van der Waals surface area contributed by atoms with E-state index in [9.17, 15) is 0 Å². The second-order valence-corrected chi connectivity index (χ2v) is 7.16. The van der Waals surface area contributed by atoms with Gasteiger partial charge in [-0.1, -0.05) is 0 Å². The maximum atomic E-state index is 5.15. The fourth-order valence-corrected chi connectivity index (χ4v) is 3.75. The van der Waals surface area contributed by atoms with Crippen molar-refractivity contribution in [2.45, 2.75) is 6.42 Å². The fraction of sp³-hybridized carbons (Fsp3) is 0.278. The zero-order valence-electron chi connectivity index (χ0n) is 14.6. The van der Waals surface area contributed by atoms with Gasteiger partial charge < -0.3 is 15.4 Å². The fourth-order valence-electron chi connectivity index (χ4n) is 2.32. The van der Waals surface area contributed by atoms with E-state index in [1.165, 1.54) is 30.8 Å². The van der Waals surface area contributed by atoms with Crippen molar-refractivity contribution in [3.05, 3.63) is 35.0 Å². The third-order valence-electron chi connectivity index (χ3n) is 3.69. The van der Waals surface area contributed by atoms with E-state index in [1.54, 1.807) is 18.4 Å². The second kappa shape index (κ2) is 9.54. The Labute approximate surface area is 161 Å². The van der Waals surface area contributed by atoms with Gasteiger partial charge >= 0.3 is 0 Å². The Hall–Kier alpha value is -2.13. The average Bonchev–Trinajstić information content (AvgIpc) is 3.39. The quantitative estimate of drug-likeness (QED) is 0.666. The molecule has 1 aliphatic heterocycles. The number of rotatable bonds is 4. The van der Waals surface area contributed by atoms with Crippen LogP contribution >= 0.6 is 22.7 Å². The van der Waals surface area contributed by atoms with Crippen molar-refractivity contribution < 1.29 is 4.74 Å². The van der Waals surface area contributed by atoms with Crippen molar-refractivity contribution in [3.8, 4) is 27.7 Å². The molecule has 0 atom stereocenters. The average molecular weight is 388 g/mol. The summed E-state index contributed by atoms with van der Waals surface area (Å²) in [6.07, 6.45) is 1.28. The van der Waals surface area contributed by atoms with Gasteiger partial charge in [0.2, 0.25) is 5.13 Å². The molecule has 1 aliphatic rings. The summed E-state index contributed by atoms with van der Waals surface area (Å²) >= 11 is 3.06. The van der Waals surface area contributed by atoms with E-state index in [-0.39, 0.29) is 0 Å². The molecule has 4 rings (SSSR count). The molecular formula is C18H21N5OS2. The Morgan fingerprint density at radius 3 is 2.27 bits per heavy atom. The molecule has 26 heavy (non-hydrogen) atoms. The molecule has 3 aromatic rings. The highest BCUT2D eigenvalue weighted by molar-refractivity contribution is 7.14. The standard InChI is InChI=1S/C14H11N3OS2.C4H10N2/c1-15-14-17-12(8-20-14)11-7-19-13(16-11)9-3-5-10(18-2)6-4-9;1-2-5-4-6-3-1/h3-8H,1H2,2H3;5-6H,1-4H2. The van der Waals surface area contributed by atoms with Gasteiger partial charge in [-0.2, -0.15) is 0 Å². The summed E-state index contributed by atoms with van der Waals surface area (Å²) in [5, 5.41) is 11.9. The molecule has 0 saturated carbocycles. The largest absolute Gasteiger partial charge is 0.497 e. The van der Waals surface area contributed by atoms with Crippen molar-refractivity contribution in [3.63, 3.8) is 0 Å². The van der Waals surface area contributed by atoms with Crippen LogP contribution in [0.25, 0.3) is 22.0 Å². The van der Waals surface area contributed by atoms with Crippen molar-refractivity contribution >= 4 is 34.5 Å². The summed E-state index contributed by atoms with van der Waals surface area (Å²) < 4.78 is 5.15. The molecule has 1 fully saturated rings. The van der Waals surface area contributed by atoms with Gasteiger partial charge in [0.15, 0.2) is 0 Å². The van der Waals surface area contributed by atoms with Gasteiger partial charge in [0.25, 0.3) is 0 Å². The number of ether oxygens (including phenoxy) is 1. The van der Waals surface area contributed by atoms with E-state index >= 15 is 0 Å². The minimum absolute atomic E-state index is 0.666. The van der Waals surface area contributed by atoms with Crippen molar-refractivity contribution in [1.82, 2.24) is 20.6 Å². The molecule has 6 nitrogen and oxygen atoms in total. The number of thiazole rings is 2. The predicted molar refractivity (Wildman–Crippen MR) is 110 cm³/mol. The molecule has 3 heterocycles. The Balaban J connectivity index is 0.000000278. The third-order valence-corrected chi connectivity index (χ3v) is 5.35. The summed E-state index contributed by atoms with van der Waals surface area (Å²) in [4.78, 5) is 12.8. The van der Waals surface area contributed by atoms with Gasteiger partial charge in [0, 0.05) is 23.0 Å². The highest BCUT2D eigenvalue weighted by atomic mass is 32.1. The molecule has 1 aromatic carbocycles. The lowest BCUT2D eigenvalue weighted by atomic mass is 10.2. The number of aromatic nitrogens is 2. The first-order chi connectivity index (χ1) is 12.8. The van der Waals surface area contributed by atoms with Crippen molar-refractivity contribution in [1.29, 1.82) is 0 Å². The minimum atomic E-state index is 0.666. The number of hydrogen-bond acceptors (Lipinski definition) is 8. The Kier molecular flexibility index (Phi) is 6.84. The zero-order chi connectivity index (χ0) is 18.2. The van der Waals surface area contributed by atoms with Crippen LogP contribution in [0.1, 0.15) is 6.42 Å². The van der Waals surface area contributed by atoms with E-state index in [0.717, 1.165) is 34.4 Å². The summed E-state index contributed by atoms with van der Waals surface area (Å²) in [6.45, 7) is 6.85. The molecule has 0 spiro atoms. The predicted octanol–water partition coefficient (Wildman–Crippen LogP) is 3.80. The smallest absolute Gasteiger partial charge is 0.209 e. The van der Waals surface area contributed by atoms with Crippen LogP contribution in [0.2, 0.25) is 0 Å². The Morgan fingerprint density at radius 2 is 1.73 bits per heavy atom. The molecule has 1 saturated heterocycles. The number of nitrogens with zero attached hydrogens (tertiary/aromatic N) is 3. The van der Waals surface area contributed by atoms with Gasteiger partial charge in [0.05, 0.1) is 7.11 Å². The third kappa shape index (κ3) is 4.95. The number of aliphatic imine (C=N–C) groups is 1. The van der Waals surface area contributed by atoms with Crippen LogP contribution in [0.5, 0.6) is 5.75 Å². The topological polar surface area (TPSA) is 71.4 Å². The molecule has 8 heteroatoms. The van der Waals surface area contributed by atoms with Crippen LogP contribution in [-0.4, -0.2) is 43.6 Å². The monoisotopic (exact) mass is 387 g/mol. The van der Waals surface area contributed by atoms with Crippen LogP contribution < -0.4 is 15.4 Å². The normalized spacial score (nSPS) is 13.6. The SMILES string of the molecule is C1CNCNC1.C=Nc1nc(-c2csc(-c3ccc(OC)cc3)n2)cs1. The number of methoxy groups -OCH3 is 1. The molecule has 2 N–H and O–H groups in total. The zero-order valence-corrected chi connectivity index (χ0v) is 16.2. The first-order valence-corrected chi connectivity index (χ1v) is 10.00. The van der Waals surface area contributed by atoms with Gasteiger partial charge in [-0.05, 0) is 50.5 Å². The van der Waals surface area contributed by atoms with Crippen LogP contribution in [0, 0.1) is 0 Å². The lowest BCUT2D eigenvalue weighted by Gasteiger charge is -2.11. The minimum Gasteiger partial charge on any atom is -0.497 e. The first kappa shape index (κ1) is 18.7. The van der Waals surface area contributed by atoms with Gasteiger partial charge in [-0.3, -0.25) is 0 Å². The molecule has 0 bridgehead atoms. The number of hydrogen-bond donors (Lipinski definition) is 2. The van der Waals surface area contributed by atoms with E-state index in [4.69, 9.17) is 4.74 Å². The van der Waals surface area contributed by atoms with Crippen molar-refractivity contribution in [2.75, 3.05) is 26.9 Å². The Bertz CT molecular complexity index is 813. The summed E-state index contributed by atoms with van der Waals surface area (Å²) in [5.74, 6) is 0.840. The number of nitrogens with one attached hydrogen (secondary N) is 2. The summed E-state index contributed by atoms with van der Waals surface area (Å²) in [7, 11) is 1.66. The second-order valence-electron chi connectivity index (χ2n) is 5.47. The molecule has 0 amide bonds. The van der Waals surface area contributed by atoms with Crippen LogP contribution in [0.3, 0.4) is 0 Å². The first-order valence-electron chi connectivity index (χ1n) is 8.24. The maximum absolute atomic E-state index is 5.15. The molecular weight excluding hydrogens is 366 g/mol. The van der Waals surface area contributed by atoms with Crippen LogP contribution in [0.4, 0.5) is 5.13 Å². The summed E-state index contributed by atoms with van der Waals surface area (Å²) in [5.41, 5.74) is 2.78.